The Hall–Kier alpha value is -3.07. The van der Waals surface area contributed by atoms with Crippen molar-refractivity contribution in [2.45, 2.75) is 5.03 Å². The van der Waals surface area contributed by atoms with Crippen LogP contribution in [0.3, 0.4) is 0 Å². The molecule has 4 rings (SSSR count). The van der Waals surface area contributed by atoms with Gasteiger partial charge in [-0.05, 0) is 22.9 Å². The zero-order chi connectivity index (χ0) is 19.5. The number of rotatable bonds is 6. The highest BCUT2D eigenvalue weighted by atomic mass is 32.1. The molecule has 0 aliphatic rings. The highest BCUT2D eigenvalue weighted by Gasteiger charge is 2.18. The summed E-state index contributed by atoms with van der Waals surface area (Å²) in [4.78, 5) is 9.88. The van der Waals surface area contributed by atoms with E-state index in [4.69, 9.17) is 14.5 Å². The number of methoxy groups -OCH3 is 1. The molecule has 0 atom stereocenters. The second-order valence-electron chi connectivity index (χ2n) is 5.96. The van der Waals surface area contributed by atoms with Crippen molar-refractivity contribution in [3.8, 4) is 28.4 Å². The third-order valence-electron chi connectivity index (χ3n) is 4.19. The predicted molar refractivity (Wildman–Crippen MR) is 107 cm³/mol. The number of thiol groups is 1. The third kappa shape index (κ3) is 3.40. The van der Waals surface area contributed by atoms with Gasteiger partial charge in [-0.2, -0.15) is 4.89 Å². The molecule has 1 aromatic heterocycles. The van der Waals surface area contributed by atoms with Crippen molar-refractivity contribution in [1.29, 1.82) is 0 Å². The van der Waals surface area contributed by atoms with Crippen LogP contribution >= 0.6 is 12.6 Å². The summed E-state index contributed by atoms with van der Waals surface area (Å²) in [5.41, 5.74) is 2.03. The first-order valence-electron chi connectivity index (χ1n) is 8.43. The summed E-state index contributed by atoms with van der Waals surface area (Å²) in [6.07, 6.45) is 0. The van der Waals surface area contributed by atoms with Gasteiger partial charge in [-0.3, -0.25) is 0 Å². The Morgan fingerprint density at radius 1 is 1.07 bits per heavy atom. The molecule has 0 amide bonds. The quantitative estimate of drug-likeness (QED) is 0.169. The highest BCUT2D eigenvalue weighted by Crippen LogP contribution is 2.36. The molecule has 0 saturated carbocycles. The number of phenolic OH excluding ortho intramolecular Hbond substituents is 1. The van der Waals surface area contributed by atoms with Crippen LogP contribution < -0.4 is 4.89 Å². The predicted octanol–water partition coefficient (Wildman–Crippen LogP) is 4.00. The molecule has 0 spiro atoms. The molecule has 0 saturated heterocycles. The maximum Gasteiger partial charge on any atom is 0.192 e. The molecule has 0 aliphatic heterocycles. The zero-order valence-electron chi connectivity index (χ0n) is 14.9. The summed E-state index contributed by atoms with van der Waals surface area (Å²) < 4.78 is 6.30. The Morgan fingerprint density at radius 2 is 1.89 bits per heavy atom. The van der Waals surface area contributed by atoms with E-state index >= 15 is 0 Å². The molecule has 28 heavy (non-hydrogen) atoms. The number of hydrogen-bond donors (Lipinski definition) is 2. The molecule has 0 fully saturated rings. The summed E-state index contributed by atoms with van der Waals surface area (Å²) in [5.74, 6) is 0.287. The van der Waals surface area contributed by atoms with Crippen LogP contribution in [0.2, 0.25) is 0 Å². The lowest BCUT2D eigenvalue weighted by Crippen LogP contribution is -2.03. The van der Waals surface area contributed by atoms with Crippen molar-refractivity contribution in [2.75, 3.05) is 13.9 Å². The van der Waals surface area contributed by atoms with Crippen LogP contribution in [0.4, 0.5) is 0 Å². The molecule has 3 aromatic carbocycles. The fraction of sp³-hybridized carbons (Fsp3) is 0.100. The molecule has 0 bridgehead atoms. The molecule has 0 radical (unpaired) electrons. The summed E-state index contributed by atoms with van der Waals surface area (Å²) in [5, 5.41) is 21.4. The smallest absolute Gasteiger partial charge is 0.192 e. The van der Waals surface area contributed by atoms with E-state index in [0.717, 1.165) is 16.3 Å². The molecule has 1 N–H and O–H groups in total. The van der Waals surface area contributed by atoms with Crippen LogP contribution in [0.1, 0.15) is 0 Å². The maximum atomic E-state index is 10.5. The molecular weight excluding hydrogens is 378 g/mol. The standard InChI is InChI=1S/C20H17N3O4S/c1-25-12-26-27-14-9-10-17(18(24)11-14)23-19(20(28)21-22-23)16-8-4-6-13-5-2-3-7-15(13)16/h2-11,24,28H,12H2,1H3. The van der Waals surface area contributed by atoms with E-state index in [-0.39, 0.29) is 12.5 Å². The van der Waals surface area contributed by atoms with Crippen LogP contribution in [0.15, 0.2) is 65.7 Å². The van der Waals surface area contributed by atoms with Gasteiger partial charge in [0.1, 0.15) is 22.2 Å². The minimum Gasteiger partial charge on any atom is -0.506 e. The third-order valence-corrected chi connectivity index (χ3v) is 4.49. The second kappa shape index (κ2) is 7.89. The first-order chi connectivity index (χ1) is 13.7. The SMILES string of the molecule is COCOOc1ccc(-n2nnc(S)c2-c2cccc3ccccc23)c(O)c1. The Bertz CT molecular complexity index is 1120. The topological polar surface area (TPSA) is 78.6 Å². The summed E-state index contributed by atoms with van der Waals surface area (Å²) in [7, 11) is 1.48. The summed E-state index contributed by atoms with van der Waals surface area (Å²) in [6, 6.07) is 18.7. The van der Waals surface area contributed by atoms with E-state index < -0.39 is 0 Å². The number of benzene rings is 3. The maximum absolute atomic E-state index is 10.5. The van der Waals surface area contributed by atoms with Gasteiger partial charge in [0.05, 0.1) is 0 Å². The van der Waals surface area contributed by atoms with Gasteiger partial charge in [0.2, 0.25) is 0 Å². The Labute approximate surface area is 166 Å². The monoisotopic (exact) mass is 395 g/mol. The van der Waals surface area contributed by atoms with E-state index in [1.54, 1.807) is 16.8 Å². The molecule has 4 aromatic rings. The zero-order valence-corrected chi connectivity index (χ0v) is 15.8. The average Bonchev–Trinajstić information content (AvgIpc) is 3.09. The second-order valence-corrected chi connectivity index (χ2v) is 6.38. The Kier molecular flexibility index (Phi) is 5.16. The average molecular weight is 395 g/mol. The molecule has 142 valence electrons. The molecule has 7 nitrogen and oxygen atoms in total. The van der Waals surface area contributed by atoms with Gasteiger partial charge in [-0.15, -0.1) is 17.7 Å². The van der Waals surface area contributed by atoms with E-state index in [2.05, 4.69) is 22.9 Å². The lowest BCUT2D eigenvalue weighted by atomic mass is 10.0. The number of hydrogen-bond acceptors (Lipinski definition) is 7. The van der Waals surface area contributed by atoms with Crippen molar-refractivity contribution < 1.29 is 19.6 Å². The lowest BCUT2D eigenvalue weighted by molar-refractivity contribution is -0.260. The minimum absolute atomic E-state index is 0.0279. The number of nitrogens with zero attached hydrogens (tertiary/aromatic N) is 3. The van der Waals surface area contributed by atoms with Crippen molar-refractivity contribution in [3.05, 3.63) is 60.7 Å². The summed E-state index contributed by atoms with van der Waals surface area (Å²) in [6.45, 7) is -0.0279. The number of aromatic nitrogens is 3. The van der Waals surface area contributed by atoms with E-state index in [1.165, 1.54) is 13.2 Å². The number of ether oxygens (including phenoxy) is 1. The van der Waals surface area contributed by atoms with Crippen LogP contribution in [0, 0.1) is 0 Å². The van der Waals surface area contributed by atoms with Crippen molar-refractivity contribution in [3.63, 3.8) is 0 Å². The van der Waals surface area contributed by atoms with E-state index in [9.17, 15) is 5.11 Å². The van der Waals surface area contributed by atoms with Gasteiger partial charge in [-0.1, -0.05) is 47.7 Å². The van der Waals surface area contributed by atoms with Crippen LogP contribution in [0.25, 0.3) is 27.7 Å². The fourth-order valence-corrected chi connectivity index (χ4v) is 3.24. The molecular formula is C20H17N3O4S. The molecule has 0 unspecified atom stereocenters. The Balaban J connectivity index is 1.79. The first kappa shape index (κ1) is 18.3. The van der Waals surface area contributed by atoms with Gasteiger partial charge in [0.25, 0.3) is 0 Å². The first-order valence-corrected chi connectivity index (χ1v) is 8.88. The largest absolute Gasteiger partial charge is 0.506 e. The lowest BCUT2D eigenvalue weighted by Gasteiger charge is -2.12. The van der Waals surface area contributed by atoms with Gasteiger partial charge < -0.3 is 14.7 Å². The molecule has 8 heteroatoms. The number of phenols is 1. The van der Waals surface area contributed by atoms with Crippen LogP contribution in [-0.4, -0.2) is 34.0 Å². The van der Waals surface area contributed by atoms with E-state index in [1.807, 2.05) is 42.5 Å². The van der Waals surface area contributed by atoms with Gasteiger partial charge in [0, 0.05) is 18.7 Å². The molecule has 1 heterocycles. The Morgan fingerprint density at radius 3 is 2.71 bits per heavy atom. The molecule has 0 aliphatic carbocycles. The highest BCUT2D eigenvalue weighted by molar-refractivity contribution is 7.80. The van der Waals surface area contributed by atoms with Crippen molar-refractivity contribution in [2.24, 2.45) is 0 Å². The van der Waals surface area contributed by atoms with Crippen molar-refractivity contribution in [1.82, 2.24) is 15.0 Å². The summed E-state index contributed by atoms with van der Waals surface area (Å²) >= 11 is 4.48. The van der Waals surface area contributed by atoms with Gasteiger partial charge in [-0.25, -0.2) is 4.68 Å². The van der Waals surface area contributed by atoms with Crippen molar-refractivity contribution >= 4 is 23.4 Å². The van der Waals surface area contributed by atoms with Gasteiger partial charge in [0.15, 0.2) is 12.5 Å². The normalized spacial score (nSPS) is 11.1. The van der Waals surface area contributed by atoms with Crippen LogP contribution in [0.5, 0.6) is 11.5 Å². The van der Waals surface area contributed by atoms with E-state index in [0.29, 0.717) is 22.2 Å². The number of aromatic hydroxyl groups is 1. The minimum atomic E-state index is -0.0433. The van der Waals surface area contributed by atoms with Gasteiger partial charge >= 0.3 is 0 Å². The van der Waals surface area contributed by atoms with Crippen LogP contribution in [-0.2, 0) is 9.62 Å². The number of fused-ring (bicyclic) bond motifs is 1. The fourth-order valence-electron chi connectivity index (χ4n) is 2.98.